The highest BCUT2D eigenvalue weighted by Gasteiger charge is 2.50. The largest absolute Gasteiger partial charge is 0.452 e. The van der Waals surface area contributed by atoms with E-state index in [-0.39, 0.29) is 35.1 Å². The minimum Gasteiger partial charge on any atom is -0.452 e. The topological polar surface area (TPSA) is 92.8 Å². The van der Waals surface area contributed by atoms with Gasteiger partial charge in [-0.25, -0.2) is 4.79 Å². The molecule has 0 unspecified atom stereocenters. The first-order valence-corrected chi connectivity index (χ1v) is 11.0. The number of aryl methyl sites for hydroxylation is 2. The molecule has 0 bridgehead atoms. The number of hydrogen-bond acceptors (Lipinski definition) is 5. The second kappa shape index (κ2) is 9.02. The Morgan fingerprint density at radius 3 is 2.33 bits per heavy atom. The van der Waals surface area contributed by atoms with Gasteiger partial charge in [-0.1, -0.05) is 37.3 Å². The monoisotopic (exact) mass is 446 g/mol. The Morgan fingerprint density at radius 1 is 1.03 bits per heavy atom. The average Bonchev–Trinajstić information content (AvgIpc) is 3.06. The van der Waals surface area contributed by atoms with E-state index in [0.717, 1.165) is 11.1 Å². The van der Waals surface area contributed by atoms with E-state index in [4.69, 9.17) is 4.74 Å². The number of para-hydroxylation sites is 1. The van der Waals surface area contributed by atoms with Crippen molar-refractivity contribution >= 4 is 35.1 Å². The summed E-state index contributed by atoms with van der Waals surface area (Å²) in [6.07, 6.45) is 4.49. The van der Waals surface area contributed by atoms with Gasteiger partial charge in [0.2, 0.25) is 11.8 Å². The number of carbonyl (C=O) groups is 4. The lowest BCUT2D eigenvalue weighted by molar-refractivity contribution is -0.123. The second-order valence-corrected chi connectivity index (χ2v) is 8.61. The Morgan fingerprint density at radius 2 is 1.70 bits per heavy atom. The summed E-state index contributed by atoms with van der Waals surface area (Å²) in [6, 6.07) is 11.8. The van der Waals surface area contributed by atoms with Crippen LogP contribution < -0.4 is 10.2 Å². The number of anilines is 2. The first kappa shape index (κ1) is 22.5. The molecule has 2 aromatic carbocycles. The van der Waals surface area contributed by atoms with Gasteiger partial charge in [0.1, 0.15) is 0 Å². The highest BCUT2D eigenvalue weighted by molar-refractivity contribution is 6.22. The molecule has 0 radical (unpaired) electrons. The van der Waals surface area contributed by atoms with Crippen LogP contribution >= 0.6 is 0 Å². The van der Waals surface area contributed by atoms with Crippen molar-refractivity contribution in [3.8, 4) is 0 Å². The number of nitrogens with one attached hydrogen (secondary N) is 1. The fourth-order valence-electron chi connectivity index (χ4n) is 4.55. The van der Waals surface area contributed by atoms with Crippen molar-refractivity contribution in [2.75, 3.05) is 16.8 Å². The molecule has 4 rings (SSSR count). The summed E-state index contributed by atoms with van der Waals surface area (Å²) in [5, 5.41) is 2.77. The minimum absolute atomic E-state index is 0.00839. The third kappa shape index (κ3) is 4.31. The Balaban J connectivity index is 1.38. The van der Waals surface area contributed by atoms with Crippen LogP contribution in [-0.4, -0.2) is 30.3 Å². The number of esters is 1. The summed E-state index contributed by atoms with van der Waals surface area (Å²) < 4.78 is 5.13. The van der Waals surface area contributed by atoms with Gasteiger partial charge in [0.05, 0.1) is 23.1 Å². The number of benzene rings is 2. The summed E-state index contributed by atoms with van der Waals surface area (Å²) in [5.74, 6) is -2.19. The lowest BCUT2D eigenvalue weighted by atomic mass is 9.78. The number of fused-ring (bicyclic) bond motifs is 1. The minimum atomic E-state index is -0.663. The third-order valence-corrected chi connectivity index (χ3v) is 6.31. The maximum Gasteiger partial charge on any atom is 0.338 e. The molecule has 0 spiro atoms. The summed E-state index contributed by atoms with van der Waals surface area (Å²) >= 11 is 0. The molecule has 1 heterocycles. The van der Waals surface area contributed by atoms with E-state index >= 15 is 0 Å². The maximum atomic E-state index is 12.9. The molecule has 170 valence electrons. The van der Waals surface area contributed by atoms with Crippen LogP contribution in [0.2, 0.25) is 0 Å². The van der Waals surface area contributed by atoms with Crippen LogP contribution in [0.5, 0.6) is 0 Å². The molecule has 1 saturated heterocycles. The Labute approximate surface area is 192 Å². The molecule has 3 atom stereocenters. The van der Waals surface area contributed by atoms with Gasteiger partial charge in [-0.3, -0.25) is 19.3 Å². The lowest BCUT2D eigenvalue weighted by Crippen LogP contribution is -2.31. The highest BCUT2D eigenvalue weighted by Crippen LogP contribution is 2.40. The van der Waals surface area contributed by atoms with Crippen LogP contribution in [0.3, 0.4) is 0 Å². The molecule has 1 fully saturated rings. The standard InChI is InChI=1S/C26H26N2O5/c1-15-6-5-9-20-22(15)25(31)28(24(20)30)19-12-10-18(11-13-19)26(32)33-14-21(29)27-23-16(2)7-4-8-17(23)3/h4-8,10-13,15,20,22H,9,14H2,1-3H3,(H,27,29)/t15-,20+,22-/m0/s1. The predicted octanol–water partition coefficient (Wildman–Crippen LogP) is 3.80. The summed E-state index contributed by atoms with van der Waals surface area (Å²) in [5.41, 5.74) is 3.19. The molecule has 2 aliphatic rings. The van der Waals surface area contributed by atoms with E-state index in [2.05, 4.69) is 5.32 Å². The van der Waals surface area contributed by atoms with Gasteiger partial charge in [0.15, 0.2) is 6.61 Å². The molecule has 0 saturated carbocycles. The van der Waals surface area contributed by atoms with Crippen LogP contribution in [0, 0.1) is 31.6 Å². The number of hydrogen-bond donors (Lipinski definition) is 1. The third-order valence-electron chi connectivity index (χ3n) is 6.31. The van der Waals surface area contributed by atoms with E-state index in [1.165, 1.54) is 17.0 Å². The summed E-state index contributed by atoms with van der Waals surface area (Å²) in [6.45, 7) is 5.29. The van der Waals surface area contributed by atoms with Crippen molar-refractivity contribution in [1.29, 1.82) is 0 Å². The van der Waals surface area contributed by atoms with Crippen LogP contribution in [0.1, 0.15) is 34.8 Å². The number of carbonyl (C=O) groups excluding carboxylic acids is 4. The van der Waals surface area contributed by atoms with Crippen molar-refractivity contribution in [3.63, 3.8) is 0 Å². The van der Waals surface area contributed by atoms with Gasteiger partial charge in [-0.15, -0.1) is 0 Å². The molecular weight excluding hydrogens is 420 g/mol. The normalized spacial score (nSPS) is 21.7. The first-order valence-electron chi connectivity index (χ1n) is 11.0. The van der Waals surface area contributed by atoms with Crippen molar-refractivity contribution in [2.45, 2.75) is 27.2 Å². The maximum absolute atomic E-state index is 12.9. The Bertz CT molecular complexity index is 1130. The van der Waals surface area contributed by atoms with E-state index in [9.17, 15) is 19.2 Å². The molecule has 2 aromatic rings. The van der Waals surface area contributed by atoms with E-state index in [1.54, 1.807) is 12.1 Å². The van der Waals surface area contributed by atoms with Gasteiger partial charge >= 0.3 is 5.97 Å². The molecular formula is C26H26N2O5. The fourth-order valence-corrected chi connectivity index (χ4v) is 4.55. The van der Waals surface area contributed by atoms with Crippen LogP contribution in [0.25, 0.3) is 0 Å². The van der Waals surface area contributed by atoms with Crippen molar-refractivity contribution in [1.82, 2.24) is 0 Å². The molecule has 1 aliphatic heterocycles. The highest BCUT2D eigenvalue weighted by atomic mass is 16.5. The SMILES string of the molecule is Cc1cccc(C)c1NC(=O)COC(=O)c1ccc(N2C(=O)[C@H]3[C@@H](C)C=CC[C@H]3C2=O)cc1. The van der Waals surface area contributed by atoms with Gasteiger partial charge in [0, 0.05) is 5.69 Å². The number of amides is 3. The van der Waals surface area contributed by atoms with Crippen molar-refractivity contribution < 1.29 is 23.9 Å². The zero-order valence-corrected chi connectivity index (χ0v) is 18.8. The van der Waals surface area contributed by atoms with Gasteiger partial charge in [0.25, 0.3) is 5.91 Å². The number of imide groups is 1. The van der Waals surface area contributed by atoms with E-state index in [1.807, 2.05) is 51.1 Å². The quantitative estimate of drug-likeness (QED) is 0.428. The second-order valence-electron chi connectivity index (χ2n) is 8.61. The zero-order chi connectivity index (χ0) is 23.7. The first-order chi connectivity index (χ1) is 15.8. The molecule has 1 aliphatic carbocycles. The van der Waals surface area contributed by atoms with Crippen LogP contribution in [-0.2, 0) is 19.1 Å². The van der Waals surface area contributed by atoms with Crippen molar-refractivity contribution in [2.24, 2.45) is 17.8 Å². The average molecular weight is 447 g/mol. The van der Waals surface area contributed by atoms with E-state index in [0.29, 0.717) is 17.8 Å². The number of rotatable bonds is 5. The van der Waals surface area contributed by atoms with Gasteiger partial charge < -0.3 is 10.1 Å². The Hall–Kier alpha value is -3.74. The molecule has 7 nitrogen and oxygen atoms in total. The lowest BCUT2D eigenvalue weighted by Gasteiger charge is -2.22. The predicted molar refractivity (Wildman–Crippen MR) is 124 cm³/mol. The Kier molecular flexibility index (Phi) is 6.14. The number of allylic oxidation sites excluding steroid dienone is 2. The molecule has 33 heavy (non-hydrogen) atoms. The smallest absolute Gasteiger partial charge is 0.338 e. The van der Waals surface area contributed by atoms with Gasteiger partial charge in [-0.2, -0.15) is 0 Å². The molecule has 1 N–H and O–H groups in total. The summed E-state index contributed by atoms with van der Waals surface area (Å²) in [7, 11) is 0. The number of ether oxygens (including phenoxy) is 1. The zero-order valence-electron chi connectivity index (χ0n) is 18.8. The number of nitrogens with zero attached hydrogens (tertiary/aromatic N) is 1. The van der Waals surface area contributed by atoms with Gasteiger partial charge in [-0.05, 0) is 61.6 Å². The van der Waals surface area contributed by atoms with Crippen LogP contribution in [0.4, 0.5) is 11.4 Å². The van der Waals surface area contributed by atoms with Crippen LogP contribution in [0.15, 0.2) is 54.6 Å². The summed E-state index contributed by atoms with van der Waals surface area (Å²) in [4.78, 5) is 51.5. The van der Waals surface area contributed by atoms with E-state index < -0.39 is 18.5 Å². The molecule has 0 aromatic heterocycles. The molecule has 3 amide bonds. The fraction of sp³-hybridized carbons (Fsp3) is 0.308. The molecule has 7 heteroatoms. The van der Waals surface area contributed by atoms with Crippen molar-refractivity contribution in [3.05, 3.63) is 71.3 Å².